The van der Waals surface area contributed by atoms with Crippen molar-refractivity contribution in [3.05, 3.63) is 47.5 Å². The summed E-state index contributed by atoms with van der Waals surface area (Å²) in [4.78, 5) is 7.93. The molecule has 0 radical (unpaired) electrons. The van der Waals surface area contributed by atoms with Crippen molar-refractivity contribution < 1.29 is 4.39 Å². The largest absolute Gasteiger partial charge is 0.324 e. The minimum Gasteiger partial charge on any atom is -0.324 e. The molecule has 0 aliphatic rings. The molecule has 1 aromatic heterocycles. The minimum atomic E-state index is -0.448. The van der Waals surface area contributed by atoms with Crippen LogP contribution in [0, 0.1) is 5.82 Å². The summed E-state index contributed by atoms with van der Waals surface area (Å²) in [5, 5.41) is 2.96. The zero-order valence-electron chi connectivity index (χ0n) is 7.61. The molecule has 0 spiro atoms. The first-order valence-corrected chi connectivity index (χ1v) is 4.62. The molecule has 1 aromatic carbocycles. The van der Waals surface area contributed by atoms with Gasteiger partial charge in [-0.05, 0) is 24.3 Å². The van der Waals surface area contributed by atoms with Crippen LogP contribution in [0.15, 0.2) is 36.7 Å². The summed E-state index contributed by atoms with van der Waals surface area (Å²) >= 11 is 5.62. The van der Waals surface area contributed by atoms with Gasteiger partial charge in [-0.25, -0.2) is 14.4 Å². The van der Waals surface area contributed by atoms with E-state index in [-0.39, 0.29) is 5.02 Å². The highest BCUT2D eigenvalue weighted by atomic mass is 35.5. The molecule has 0 unspecified atom stereocenters. The maximum atomic E-state index is 12.8. The molecule has 0 aliphatic heterocycles. The molecule has 0 saturated carbocycles. The fourth-order valence-corrected chi connectivity index (χ4v) is 1.25. The lowest BCUT2D eigenvalue weighted by atomic mass is 10.3. The van der Waals surface area contributed by atoms with Crippen molar-refractivity contribution in [2.45, 2.75) is 0 Å². The number of benzene rings is 1. The summed E-state index contributed by atoms with van der Waals surface area (Å²) in [5.74, 6) is -0.00336. The Balaban J connectivity index is 2.22. The first kappa shape index (κ1) is 9.86. The van der Waals surface area contributed by atoms with Gasteiger partial charge in [0.25, 0.3) is 0 Å². The molecule has 3 nitrogen and oxygen atoms in total. The zero-order valence-corrected chi connectivity index (χ0v) is 8.37. The van der Waals surface area contributed by atoms with E-state index in [2.05, 4.69) is 15.3 Å². The van der Waals surface area contributed by atoms with Crippen LogP contribution in [0.2, 0.25) is 5.02 Å². The van der Waals surface area contributed by atoms with E-state index in [9.17, 15) is 4.39 Å². The van der Waals surface area contributed by atoms with Gasteiger partial charge in [0.15, 0.2) is 0 Å². The molecule has 76 valence electrons. The van der Waals surface area contributed by atoms with Crippen LogP contribution < -0.4 is 5.32 Å². The lowest BCUT2D eigenvalue weighted by Crippen LogP contribution is -1.95. The molecular formula is C10H7ClFN3. The highest BCUT2D eigenvalue weighted by Crippen LogP contribution is 2.20. The topological polar surface area (TPSA) is 37.8 Å². The number of aromatic nitrogens is 2. The van der Waals surface area contributed by atoms with Gasteiger partial charge >= 0.3 is 0 Å². The maximum Gasteiger partial charge on any atom is 0.227 e. The standard InChI is InChI=1S/C10H7ClFN3/c11-8-6-7(2-3-9(8)12)15-10-13-4-1-5-14-10/h1-6H,(H,13,14,15). The van der Waals surface area contributed by atoms with Gasteiger partial charge in [-0.15, -0.1) is 0 Å². The van der Waals surface area contributed by atoms with Crippen molar-refractivity contribution in [2.75, 3.05) is 5.32 Å². The SMILES string of the molecule is Fc1ccc(Nc2ncccn2)cc1Cl. The molecular weight excluding hydrogens is 217 g/mol. The summed E-state index contributed by atoms with van der Waals surface area (Å²) in [7, 11) is 0. The van der Waals surface area contributed by atoms with Crippen LogP contribution in [0.25, 0.3) is 0 Å². The van der Waals surface area contributed by atoms with E-state index in [0.717, 1.165) is 0 Å². The number of halogens is 2. The van der Waals surface area contributed by atoms with Crippen molar-refractivity contribution >= 4 is 23.2 Å². The molecule has 2 rings (SSSR count). The van der Waals surface area contributed by atoms with Gasteiger partial charge < -0.3 is 5.32 Å². The van der Waals surface area contributed by atoms with E-state index in [1.165, 1.54) is 12.1 Å². The normalized spacial score (nSPS) is 10.0. The van der Waals surface area contributed by atoms with Crippen LogP contribution >= 0.6 is 11.6 Å². The van der Waals surface area contributed by atoms with Crippen LogP contribution in [0.1, 0.15) is 0 Å². The van der Waals surface area contributed by atoms with Gasteiger partial charge in [-0.1, -0.05) is 11.6 Å². The van der Waals surface area contributed by atoms with Crippen molar-refractivity contribution in [3.63, 3.8) is 0 Å². The second-order valence-electron chi connectivity index (χ2n) is 2.83. The third-order valence-corrected chi connectivity index (χ3v) is 2.03. The molecule has 1 N–H and O–H groups in total. The summed E-state index contributed by atoms with van der Waals surface area (Å²) in [6, 6.07) is 6.04. The van der Waals surface area contributed by atoms with E-state index in [4.69, 9.17) is 11.6 Å². The average Bonchev–Trinajstić information content (AvgIpc) is 2.25. The van der Waals surface area contributed by atoms with Gasteiger partial charge in [0.1, 0.15) is 5.82 Å². The highest BCUT2D eigenvalue weighted by molar-refractivity contribution is 6.31. The van der Waals surface area contributed by atoms with E-state index in [1.807, 2.05) is 0 Å². The predicted octanol–water partition coefficient (Wildman–Crippen LogP) is 3.01. The molecule has 0 aliphatic carbocycles. The van der Waals surface area contributed by atoms with E-state index in [0.29, 0.717) is 11.6 Å². The molecule has 0 atom stereocenters. The first-order valence-electron chi connectivity index (χ1n) is 4.25. The molecule has 5 heteroatoms. The quantitative estimate of drug-likeness (QED) is 0.851. The smallest absolute Gasteiger partial charge is 0.227 e. The predicted molar refractivity (Wildman–Crippen MR) is 56.7 cm³/mol. The molecule has 1 heterocycles. The number of rotatable bonds is 2. The van der Waals surface area contributed by atoms with E-state index in [1.54, 1.807) is 24.5 Å². The van der Waals surface area contributed by atoms with Crippen LogP contribution in [0.3, 0.4) is 0 Å². The molecule has 0 bridgehead atoms. The van der Waals surface area contributed by atoms with Crippen LogP contribution in [0.4, 0.5) is 16.0 Å². The second kappa shape index (κ2) is 4.23. The van der Waals surface area contributed by atoms with Gasteiger partial charge in [0, 0.05) is 18.1 Å². The molecule has 2 aromatic rings. The van der Waals surface area contributed by atoms with Gasteiger partial charge in [-0.3, -0.25) is 0 Å². The number of nitrogens with one attached hydrogen (secondary N) is 1. The highest BCUT2D eigenvalue weighted by Gasteiger charge is 2.01. The summed E-state index contributed by atoms with van der Waals surface area (Å²) in [6.07, 6.45) is 3.22. The lowest BCUT2D eigenvalue weighted by molar-refractivity contribution is 0.628. The molecule has 0 fully saturated rings. The number of hydrogen-bond donors (Lipinski definition) is 1. The number of anilines is 2. The fraction of sp³-hybridized carbons (Fsp3) is 0. The Morgan fingerprint density at radius 2 is 1.93 bits per heavy atom. The summed E-state index contributed by atoms with van der Waals surface area (Å²) in [6.45, 7) is 0. The molecule has 0 amide bonds. The Hall–Kier alpha value is -1.68. The maximum absolute atomic E-state index is 12.8. The van der Waals surface area contributed by atoms with Gasteiger partial charge in [0.05, 0.1) is 5.02 Å². The summed E-state index contributed by atoms with van der Waals surface area (Å²) < 4.78 is 12.8. The minimum absolute atomic E-state index is 0.0657. The molecule has 0 saturated heterocycles. The Labute approximate surface area is 90.9 Å². The lowest BCUT2D eigenvalue weighted by Gasteiger charge is -2.04. The van der Waals surface area contributed by atoms with Crippen molar-refractivity contribution in [1.82, 2.24) is 9.97 Å². The summed E-state index contributed by atoms with van der Waals surface area (Å²) in [5.41, 5.74) is 0.646. The average molecular weight is 224 g/mol. The first-order chi connectivity index (χ1) is 7.25. The van der Waals surface area contributed by atoms with Crippen LogP contribution in [-0.4, -0.2) is 9.97 Å². The van der Waals surface area contributed by atoms with Crippen molar-refractivity contribution in [2.24, 2.45) is 0 Å². The molecule has 15 heavy (non-hydrogen) atoms. The van der Waals surface area contributed by atoms with E-state index >= 15 is 0 Å². The number of hydrogen-bond acceptors (Lipinski definition) is 3. The second-order valence-corrected chi connectivity index (χ2v) is 3.23. The van der Waals surface area contributed by atoms with Gasteiger partial charge in [-0.2, -0.15) is 0 Å². The van der Waals surface area contributed by atoms with Crippen molar-refractivity contribution in [3.8, 4) is 0 Å². The number of nitrogens with zero attached hydrogens (tertiary/aromatic N) is 2. The van der Waals surface area contributed by atoms with Gasteiger partial charge in [0.2, 0.25) is 5.95 Å². The third-order valence-electron chi connectivity index (χ3n) is 1.74. The Bertz CT molecular complexity index is 461. The third kappa shape index (κ3) is 2.41. The Kier molecular flexibility index (Phi) is 2.78. The Morgan fingerprint density at radius 1 is 1.20 bits per heavy atom. The van der Waals surface area contributed by atoms with Crippen LogP contribution in [0.5, 0.6) is 0 Å². The monoisotopic (exact) mass is 223 g/mol. The fourth-order valence-electron chi connectivity index (χ4n) is 1.07. The zero-order chi connectivity index (χ0) is 10.7. The van der Waals surface area contributed by atoms with Crippen LogP contribution in [-0.2, 0) is 0 Å². The van der Waals surface area contributed by atoms with Crippen molar-refractivity contribution in [1.29, 1.82) is 0 Å². The van der Waals surface area contributed by atoms with E-state index < -0.39 is 5.82 Å². The Morgan fingerprint density at radius 3 is 2.60 bits per heavy atom.